The number of Topliss-reactive ketones (excluding diaryl/α,β-unsaturated/α-hetero) is 1. The zero-order valence-corrected chi connectivity index (χ0v) is 22.7. The first-order valence-corrected chi connectivity index (χ1v) is 14.2. The standard InChI is InChI=1S/C29H22FN3O5S2/c1-15-11-19-12-17(9-10-22(19)38-15)25(35)23-24(16-6-4-7-20(34)13-16)33(27(37)26(23)36)28-31-32-29(40-28)39-14-18-5-2-3-8-21(18)30/h2-10,12-13,15,24,34-35H,11,14H2,1H3/t15-,24-/m1/s1. The van der Waals surface area contributed by atoms with Crippen molar-refractivity contribution in [2.45, 2.75) is 35.6 Å². The number of phenols is 1. The fourth-order valence-electron chi connectivity index (χ4n) is 4.88. The van der Waals surface area contributed by atoms with Crippen LogP contribution in [0.4, 0.5) is 9.52 Å². The number of hydrogen-bond donors (Lipinski definition) is 2. The van der Waals surface area contributed by atoms with E-state index in [-0.39, 0.29) is 34.1 Å². The van der Waals surface area contributed by atoms with Crippen molar-refractivity contribution in [3.05, 3.63) is 100 Å². The number of anilines is 1. The maximum atomic E-state index is 14.1. The highest BCUT2D eigenvalue weighted by Crippen LogP contribution is 2.45. The molecule has 40 heavy (non-hydrogen) atoms. The van der Waals surface area contributed by atoms with E-state index in [1.807, 2.05) is 6.92 Å². The molecule has 2 aliphatic heterocycles. The van der Waals surface area contributed by atoms with E-state index >= 15 is 0 Å². The maximum Gasteiger partial charge on any atom is 0.301 e. The van der Waals surface area contributed by atoms with Crippen molar-refractivity contribution in [3.8, 4) is 11.5 Å². The molecule has 2 aliphatic rings. The second-order valence-corrected chi connectivity index (χ2v) is 11.6. The number of hydrogen-bond acceptors (Lipinski definition) is 9. The molecule has 1 aromatic heterocycles. The molecular weight excluding hydrogens is 553 g/mol. The normalized spacial score (nSPS) is 19.6. The van der Waals surface area contributed by atoms with E-state index in [2.05, 4.69) is 10.2 Å². The molecule has 1 saturated heterocycles. The molecule has 11 heteroatoms. The van der Waals surface area contributed by atoms with Crippen LogP contribution in [0.3, 0.4) is 0 Å². The van der Waals surface area contributed by atoms with E-state index in [4.69, 9.17) is 4.74 Å². The Morgan fingerprint density at radius 3 is 2.75 bits per heavy atom. The molecule has 3 heterocycles. The van der Waals surface area contributed by atoms with Crippen LogP contribution in [0.5, 0.6) is 11.5 Å². The van der Waals surface area contributed by atoms with E-state index in [1.165, 1.54) is 34.9 Å². The second-order valence-electron chi connectivity index (χ2n) is 9.45. The number of aromatic hydroxyl groups is 1. The van der Waals surface area contributed by atoms with Gasteiger partial charge in [-0.2, -0.15) is 0 Å². The molecule has 3 aromatic carbocycles. The number of aromatic nitrogens is 2. The minimum absolute atomic E-state index is 0.00637. The Hall–Kier alpha value is -4.22. The fourth-order valence-corrected chi connectivity index (χ4v) is 6.73. The molecule has 2 atom stereocenters. The second kappa shape index (κ2) is 10.4. The number of phenolic OH excluding ortho intramolecular Hbond substituents is 1. The lowest BCUT2D eigenvalue weighted by Gasteiger charge is -2.22. The van der Waals surface area contributed by atoms with Gasteiger partial charge < -0.3 is 14.9 Å². The number of aliphatic hydroxyl groups excluding tert-OH is 1. The minimum Gasteiger partial charge on any atom is -0.508 e. The van der Waals surface area contributed by atoms with E-state index < -0.39 is 17.7 Å². The van der Waals surface area contributed by atoms with Crippen LogP contribution in [0.25, 0.3) is 5.76 Å². The van der Waals surface area contributed by atoms with Crippen LogP contribution in [-0.4, -0.2) is 38.2 Å². The highest BCUT2D eigenvalue weighted by molar-refractivity contribution is 8.00. The summed E-state index contributed by atoms with van der Waals surface area (Å²) in [6.07, 6.45) is 0.645. The molecule has 0 radical (unpaired) electrons. The molecule has 8 nitrogen and oxygen atoms in total. The van der Waals surface area contributed by atoms with Gasteiger partial charge in [0, 0.05) is 17.7 Å². The number of amides is 1. The van der Waals surface area contributed by atoms with Gasteiger partial charge in [0.15, 0.2) is 4.34 Å². The number of ether oxygens (including phenoxy) is 1. The Morgan fingerprint density at radius 2 is 1.95 bits per heavy atom. The quantitative estimate of drug-likeness (QED) is 0.100. The monoisotopic (exact) mass is 575 g/mol. The van der Waals surface area contributed by atoms with Gasteiger partial charge in [0.1, 0.15) is 29.2 Å². The summed E-state index contributed by atoms with van der Waals surface area (Å²) in [5.41, 5.74) is 2.05. The number of benzene rings is 3. The lowest BCUT2D eigenvalue weighted by atomic mass is 9.94. The fraction of sp³-hybridized carbons (Fsp3) is 0.172. The highest BCUT2D eigenvalue weighted by atomic mass is 32.2. The molecule has 202 valence electrons. The molecule has 2 N–H and O–H groups in total. The summed E-state index contributed by atoms with van der Waals surface area (Å²) >= 11 is 2.33. The number of rotatable bonds is 6. The maximum absolute atomic E-state index is 14.1. The van der Waals surface area contributed by atoms with Crippen LogP contribution >= 0.6 is 23.1 Å². The van der Waals surface area contributed by atoms with Gasteiger partial charge in [0.25, 0.3) is 5.78 Å². The largest absolute Gasteiger partial charge is 0.508 e. The third-order valence-corrected chi connectivity index (χ3v) is 8.82. The highest BCUT2D eigenvalue weighted by Gasteiger charge is 2.48. The molecule has 6 rings (SSSR count). The number of fused-ring (bicyclic) bond motifs is 1. The van der Waals surface area contributed by atoms with E-state index in [0.717, 1.165) is 16.9 Å². The minimum atomic E-state index is -1.06. The molecule has 1 amide bonds. The average Bonchev–Trinajstić information content (AvgIpc) is 3.63. The van der Waals surface area contributed by atoms with Crippen molar-refractivity contribution in [1.82, 2.24) is 10.2 Å². The Kier molecular flexibility index (Phi) is 6.77. The molecule has 0 aliphatic carbocycles. The van der Waals surface area contributed by atoms with Gasteiger partial charge in [-0.25, -0.2) is 4.39 Å². The number of thioether (sulfide) groups is 1. The van der Waals surface area contributed by atoms with Gasteiger partial charge in [-0.05, 0) is 60.0 Å². The predicted octanol–water partition coefficient (Wildman–Crippen LogP) is 5.62. The smallest absolute Gasteiger partial charge is 0.301 e. The molecular formula is C29H22FN3O5S2. The number of nitrogens with zero attached hydrogens (tertiary/aromatic N) is 3. The van der Waals surface area contributed by atoms with Gasteiger partial charge in [-0.3, -0.25) is 14.5 Å². The van der Waals surface area contributed by atoms with Crippen LogP contribution in [0.15, 0.2) is 76.6 Å². The zero-order valence-electron chi connectivity index (χ0n) is 21.1. The molecule has 0 saturated carbocycles. The van der Waals surface area contributed by atoms with Crippen LogP contribution in [0.1, 0.15) is 35.2 Å². The lowest BCUT2D eigenvalue weighted by molar-refractivity contribution is -0.132. The first kappa shape index (κ1) is 26.0. The Bertz CT molecular complexity index is 1690. The number of carbonyl (C=O) groups excluding carboxylic acids is 2. The topological polar surface area (TPSA) is 113 Å². The van der Waals surface area contributed by atoms with Crippen molar-refractivity contribution in [1.29, 1.82) is 0 Å². The average molecular weight is 576 g/mol. The lowest BCUT2D eigenvalue weighted by Crippen LogP contribution is -2.29. The summed E-state index contributed by atoms with van der Waals surface area (Å²) in [5.74, 6) is -1.48. The Labute approximate surface area is 236 Å². The molecule has 4 aromatic rings. The van der Waals surface area contributed by atoms with Gasteiger partial charge in [0.2, 0.25) is 5.13 Å². The molecule has 0 spiro atoms. The Balaban J connectivity index is 1.39. The number of aliphatic hydroxyl groups is 1. The zero-order chi connectivity index (χ0) is 28.0. The van der Waals surface area contributed by atoms with Crippen molar-refractivity contribution < 1.29 is 28.9 Å². The third-order valence-electron chi connectivity index (χ3n) is 6.71. The van der Waals surface area contributed by atoms with Crippen molar-refractivity contribution in [3.63, 3.8) is 0 Å². The summed E-state index contributed by atoms with van der Waals surface area (Å²) < 4.78 is 20.3. The van der Waals surface area contributed by atoms with Crippen molar-refractivity contribution in [2.24, 2.45) is 0 Å². The van der Waals surface area contributed by atoms with E-state index in [0.29, 0.717) is 39.0 Å². The third kappa shape index (κ3) is 4.71. The first-order chi connectivity index (χ1) is 19.3. The van der Waals surface area contributed by atoms with E-state index in [1.54, 1.807) is 48.5 Å². The van der Waals surface area contributed by atoms with Crippen molar-refractivity contribution in [2.75, 3.05) is 4.90 Å². The molecule has 0 unspecified atom stereocenters. The predicted molar refractivity (Wildman–Crippen MR) is 149 cm³/mol. The summed E-state index contributed by atoms with van der Waals surface area (Å²) in [7, 11) is 0. The van der Waals surface area contributed by atoms with Gasteiger partial charge >= 0.3 is 5.91 Å². The van der Waals surface area contributed by atoms with Crippen LogP contribution < -0.4 is 9.64 Å². The first-order valence-electron chi connectivity index (χ1n) is 12.4. The number of halogens is 1. The SMILES string of the molecule is C[C@@H]1Cc2cc(C(O)=C3C(=O)C(=O)N(c4nnc(SCc5ccccc5F)s4)[C@@H]3c3cccc(O)c3)ccc2O1. The van der Waals surface area contributed by atoms with E-state index in [9.17, 15) is 24.2 Å². The van der Waals surface area contributed by atoms with Gasteiger partial charge in [-0.1, -0.05) is 53.4 Å². The van der Waals surface area contributed by atoms with Crippen LogP contribution in [0.2, 0.25) is 0 Å². The van der Waals surface area contributed by atoms with Gasteiger partial charge in [-0.15, -0.1) is 10.2 Å². The van der Waals surface area contributed by atoms with Crippen LogP contribution in [-0.2, 0) is 21.8 Å². The number of carbonyl (C=O) groups is 2. The summed E-state index contributed by atoms with van der Waals surface area (Å²) in [4.78, 5) is 28.0. The van der Waals surface area contributed by atoms with Crippen LogP contribution in [0, 0.1) is 5.82 Å². The summed E-state index contributed by atoms with van der Waals surface area (Å²) in [5, 5.41) is 30.1. The molecule has 0 bridgehead atoms. The summed E-state index contributed by atoms with van der Waals surface area (Å²) in [6, 6.07) is 16.6. The Morgan fingerprint density at radius 1 is 1.12 bits per heavy atom. The van der Waals surface area contributed by atoms with Gasteiger partial charge in [0.05, 0.1) is 11.6 Å². The summed E-state index contributed by atoms with van der Waals surface area (Å²) in [6.45, 7) is 1.94. The number of ketones is 1. The molecule has 1 fully saturated rings. The van der Waals surface area contributed by atoms with Crippen molar-refractivity contribution >= 4 is 45.7 Å².